The van der Waals surface area contributed by atoms with Crippen molar-refractivity contribution in [2.75, 3.05) is 18.1 Å². The highest BCUT2D eigenvalue weighted by molar-refractivity contribution is 7.99. The highest BCUT2D eigenvalue weighted by Gasteiger charge is 2.16. The fraction of sp³-hybridized carbons (Fsp3) is 0.647. The Morgan fingerprint density at radius 1 is 1.10 bits per heavy atom. The first-order valence-electron chi connectivity index (χ1n) is 7.61. The van der Waals surface area contributed by atoms with Crippen molar-refractivity contribution in [3.05, 3.63) is 29.8 Å². The molecule has 20 heavy (non-hydrogen) atoms. The first kappa shape index (κ1) is 17.4. The molecule has 0 aliphatic rings. The lowest BCUT2D eigenvalue weighted by Crippen LogP contribution is -2.24. The van der Waals surface area contributed by atoms with Crippen LogP contribution in [0.1, 0.15) is 46.2 Å². The van der Waals surface area contributed by atoms with E-state index in [0.717, 1.165) is 24.0 Å². The Hall–Kier alpha value is -0.670. The van der Waals surface area contributed by atoms with E-state index in [2.05, 4.69) is 58.1 Å². The van der Waals surface area contributed by atoms with Crippen molar-refractivity contribution in [2.45, 2.75) is 46.8 Å². The van der Waals surface area contributed by atoms with Gasteiger partial charge in [0.1, 0.15) is 5.75 Å². The van der Waals surface area contributed by atoms with Crippen LogP contribution >= 0.6 is 11.8 Å². The summed E-state index contributed by atoms with van der Waals surface area (Å²) < 4.78 is 5.95. The second-order valence-electron chi connectivity index (χ2n) is 5.75. The fourth-order valence-electron chi connectivity index (χ4n) is 2.06. The van der Waals surface area contributed by atoms with Gasteiger partial charge >= 0.3 is 0 Å². The molecule has 0 amide bonds. The molecule has 2 nitrogen and oxygen atoms in total. The second kappa shape index (κ2) is 9.30. The van der Waals surface area contributed by atoms with Gasteiger partial charge in [-0.15, -0.1) is 0 Å². The Bertz CT molecular complexity index is 379. The number of thioether (sulfide) groups is 1. The number of hydrogen-bond donors (Lipinski definition) is 1. The summed E-state index contributed by atoms with van der Waals surface area (Å²) in [6.07, 6.45) is 0.210. The quantitative estimate of drug-likeness (QED) is 0.724. The van der Waals surface area contributed by atoms with Crippen molar-refractivity contribution in [1.82, 2.24) is 5.32 Å². The zero-order chi connectivity index (χ0) is 15.0. The summed E-state index contributed by atoms with van der Waals surface area (Å²) in [5.74, 6) is 4.04. The maximum absolute atomic E-state index is 5.95. The number of para-hydroxylation sites is 1. The van der Waals surface area contributed by atoms with Crippen molar-refractivity contribution < 1.29 is 4.74 Å². The van der Waals surface area contributed by atoms with Crippen molar-refractivity contribution in [1.29, 1.82) is 0 Å². The van der Waals surface area contributed by atoms with Crippen molar-refractivity contribution in [3.8, 4) is 5.75 Å². The lowest BCUT2D eigenvalue weighted by Gasteiger charge is -2.22. The Labute approximate surface area is 128 Å². The van der Waals surface area contributed by atoms with Crippen LogP contribution in [-0.2, 0) is 0 Å². The first-order chi connectivity index (χ1) is 9.54. The van der Waals surface area contributed by atoms with E-state index in [1.807, 2.05) is 17.8 Å². The SMILES string of the molecule is CCNC(CSCC(C)C)c1ccccc1OC(C)C. The third-order valence-corrected chi connectivity index (χ3v) is 4.31. The molecule has 1 unspecified atom stereocenters. The van der Waals surface area contributed by atoms with Gasteiger partial charge in [-0.2, -0.15) is 11.8 Å². The van der Waals surface area contributed by atoms with Gasteiger partial charge in [0.2, 0.25) is 0 Å². The van der Waals surface area contributed by atoms with E-state index in [-0.39, 0.29) is 6.10 Å². The zero-order valence-corrected chi connectivity index (χ0v) is 14.3. The molecule has 0 fully saturated rings. The largest absolute Gasteiger partial charge is 0.491 e. The average molecular weight is 295 g/mol. The summed E-state index contributed by atoms with van der Waals surface area (Å²) >= 11 is 2.01. The number of nitrogens with one attached hydrogen (secondary N) is 1. The molecule has 1 aromatic carbocycles. The smallest absolute Gasteiger partial charge is 0.124 e. The minimum Gasteiger partial charge on any atom is -0.491 e. The summed E-state index contributed by atoms with van der Waals surface area (Å²) in [5.41, 5.74) is 1.28. The van der Waals surface area contributed by atoms with E-state index < -0.39 is 0 Å². The normalized spacial score (nSPS) is 12.9. The van der Waals surface area contributed by atoms with Gasteiger partial charge in [-0.3, -0.25) is 0 Å². The second-order valence-corrected chi connectivity index (χ2v) is 6.82. The summed E-state index contributed by atoms with van der Waals surface area (Å²) in [4.78, 5) is 0. The van der Waals surface area contributed by atoms with Gasteiger partial charge in [-0.1, -0.05) is 39.0 Å². The molecule has 0 heterocycles. The van der Waals surface area contributed by atoms with Crippen molar-refractivity contribution in [2.24, 2.45) is 5.92 Å². The third kappa shape index (κ3) is 6.19. The number of ether oxygens (including phenoxy) is 1. The predicted octanol–water partition coefficient (Wildman–Crippen LogP) is 4.51. The molecule has 0 spiro atoms. The van der Waals surface area contributed by atoms with E-state index in [0.29, 0.717) is 6.04 Å². The van der Waals surface area contributed by atoms with E-state index in [1.54, 1.807) is 0 Å². The number of benzene rings is 1. The summed E-state index contributed by atoms with van der Waals surface area (Å²) in [7, 11) is 0. The molecule has 0 aromatic heterocycles. The molecule has 0 bridgehead atoms. The third-order valence-electron chi connectivity index (χ3n) is 2.84. The van der Waals surface area contributed by atoms with Crippen LogP contribution in [0.4, 0.5) is 0 Å². The maximum Gasteiger partial charge on any atom is 0.124 e. The number of hydrogen-bond acceptors (Lipinski definition) is 3. The standard InChI is InChI=1S/C17H29NOS/c1-6-18-16(12-20-11-13(2)3)15-9-7-8-10-17(15)19-14(4)5/h7-10,13-14,16,18H,6,11-12H2,1-5H3. The van der Waals surface area contributed by atoms with Gasteiger partial charge in [0, 0.05) is 17.4 Å². The van der Waals surface area contributed by atoms with E-state index >= 15 is 0 Å². The summed E-state index contributed by atoms with van der Waals surface area (Å²) in [5, 5.41) is 3.59. The van der Waals surface area contributed by atoms with Crippen LogP contribution in [0.3, 0.4) is 0 Å². The topological polar surface area (TPSA) is 21.3 Å². The van der Waals surface area contributed by atoms with Crippen LogP contribution in [0.5, 0.6) is 5.75 Å². The Morgan fingerprint density at radius 2 is 1.80 bits per heavy atom. The van der Waals surface area contributed by atoms with Gasteiger partial charge in [-0.25, -0.2) is 0 Å². The minimum atomic E-state index is 0.210. The molecule has 0 radical (unpaired) electrons. The van der Waals surface area contributed by atoms with Crippen LogP contribution in [-0.4, -0.2) is 24.2 Å². The first-order valence-corrected chi connectivity index (χ1v) is 8.76. The molecule has 114 valence electrons. The fourth-order valence-corrected chi connectivity index (χ4v) is 3.20. The molecule has 1 atom stereocenters. The van der Waals surface area contributed by atoms with Gasteiger partial charge in [0.15, 0.2) is 0 Å². The molecular formula is C17H29NOS. The van der Waals surface area contributed by atoms with Crippen LogP contribution in [0.25, 0.3) is 0 Å². The van der Waals surface area contributed by atoms with Crippen LogP contribution in [0.15, 0.2) is 24.3 Å². The van der Waals surface area contributed by atoms with Crippen LogP contribution in [0.2, 0.25) is 0 Å². The van der Waals surface area contributed by atoms with Crippen molar-refractivity contribution in [3.63, 3.8) is 0 Å². The van der Waals surface area contributed by atoms with Gasteiger partial charge in [0.05, 0.1) is 6.10 Å². The van der Waals surface area contributed by atoms with Crippen molar-refractivity contribution >= 4 is 11.8 Å². The van der Waals surface area contributed by atoms with E-state index in [1.165, 1.54) is 11.3 Å². The predicted molar refractivity (Wildman–Crippen MR) is 90.8 cm³/mol. The Balaban J connectivity index is 2.79. The Morgan fingerprint density at radius 3 is 2.40 bits per heavy atom. The molecule has 1 aromatic rings. The van der Waals surface area contributed by atoms with Crippen LogP contribution < -0.4 is 10.1 Å². The van der Waals surface area contributed by atoms with Gasteiger partial charge in [-0.05, 0) is 38.1 Å². The zero-order valence-electron chi connectivity index (χ0n) is 13.5. The van der Waals surface area contributed by atoms with E-state index in [9.17, 15) is 0 Å². The minimum absolute atomic E-state index is 0.210. The molecule has 0 saturated heterocycles. The molecule has 0 saturated carbocycles. The molecule has 1 N–H and O–H groups in total. The van der Waals surface area contributed by atoms with Gasteiger partial charge in [0.25, 0.3) is 0 Å². The summed E-state index contributed by atoms with van der Waals surface area (Å²) in [6.45, 7) is 11.8. The lowest BCUT2D eigenvalue weighted by molar-refractivity contribution is 0.238. The van der Waals surface area contributed by atoms with Crippen LogP contribution in [0, 0.1) is 5.92 Å². The molecule has 1 rings (SSSR count). The molecule has 3 heteroatoms. The summed E-state index contributed by atoms with van der Waals surface area (Å²) in [6, 6.07) is 8.76. The lowest BCUT2D eigenvalue weighted by atomic mass is 10.1. The Kier molecular flexibility index (Phi) is 8.08. The maximum atomic E-state index is 5.95. The average Bonchev–Trinajstić information content (AvgIpc) is 2.37. The van der Waals surface area contributed by atoms with E-state index in [4.69, 9.17) is 4.74 Å². The highest BCUT2D eigenvalue weighted by Crippen LogP contribution is 2.28. The molecular weight excluding hydrogens is 266 g/mol. The highest BCUT2D eigenvalue weighted by atomic mass is 32.2. The molecule has 0 aliphatic heterocycles. The monoisotopic (exact) mass is 295 g/mol. The molecule has 0 aliphatic carbocycles. The van der Waals surface area contributed by atoms with Gasteiger partial charge < -0.3 is 10.1 Å². The number of rotatable bonds is 9.